The quantitative estimate of drug-likeness (QED) is 0.263. The lowest BCUT2D eigenvalue weighted by molar-refractivity contribution is -0.118. The van der Waals surface area contributed by atoms with E-state index < -0.39 is 52.6 Å². The summed E-state index contributed by atoms with van der Waals surface area (Å²) in [5, 5.41) is 7.00. The second-order valence-electron chi connectivity index (χ2n) is 8.87. The molecule has 0 aliphatic carbocycles. The number of aryl methyl sites for hydroxylation is 1. The second-order valence-corrected chi connectivity index (χ2v) is 9.94. The molecule has 1 atom stereocenters. The van der Waals surface area contributed by atoms with Crippen LogP contribution in [0.25, 0.3) is 0 Å². The third-order valence-corrected chi connectivity index (χ3v) is 7.10. The van der Waals surface area contributed by atoms with Crippen LogP contribution in [0.15, 0.2) is 84.1 Å². The number of benzene rings is 3. The molecule has 7 nitrogen and oxygen atoms in total. The third kappa shape index (κ3) is 6.22. The van der Waals surface area contributed by atoms with Gasteiger partial charge in [0.25, 0.3) is 11.8 Å². The van der Waals surface area contributed by atoms with Crippen LogP contribution in [0.2, 0.25) is 0 Å². The summed E-state index contributed by atoms with van der Waals surface area (Å²) in [6.07, 6.45) is 1.60. The van der Waals surface area contributed by atoms with Gasteiger partial charge in [-0.1, -0.05) is 36.0 Å². The molecule has 2 amide bonds. The monoisotopic (exact) mass is 580 g/mol. The number of hydrogen-bond acceptors (Lipinski definition) is 6. The Bertz CT molecular complexity index is 1630. The number of halogens is 4. The van der Waals surface area contributed by atoms with Crippen molar-refractivity contribution in [3.05, 3.63) is 125 Å². The Labute approximate surface area is 235 Å². The standard InChI is InChI=1S/C29H20F4N4O3S/c1-16-6-11-24(34-14-16)35-25(38)15-40-23-5-3-2-4-20(23)29-37(28(39)26-21(32)12-19(31)13-22(26)33)36-27(41-29)17-7-9-18(30)10-8-17/h2-14,29H,15H2,1H3,(H,34,35,38). The fourth-order valence-electron chi connectivity index (χ4n) is 3.94. The number of anilines is 1. The molecule has 5 rings (SSSR count). The number of para-hydroxylation sites is 1. The molecular formula is C29H20F4N4O3S. The molecule has 2 heterocycles. The van der Waals surface area contributed by atoms with Crippen molar-refractivity contribution in [3.8, 4) is 5.75 Å². The van der Waals surface area contributed by atoms with Gasteiger partial charge in [-0.25, -0.2) is 27.6 Å². The zero-order chi connectivity index (χ0) is 29.1. The molecule has 0 fully saturated rings. The van der Waals surface area contributed by atoms with Crippen LogP contribution in [-0.4, -0.2) is 33.5 Å². The summed E-state index contributed by atoms with van der Waals surface area (Å²) in [4.78, 5) is 30.1. The molecule has 1 aliphatic heterocycles. The second kappa shape index (κ2) is 11.8. The minimum atomic E-state index is -1.40. The molecule has 0 saturated carbocycles. The zero-order valence-corrected chi connectivity index (χ0v) is 22.1. The molecular weight excluding hydrogens is 560 g/mol. The molecule has 12 heteroatoms. The maximum atomic E-state index is 14.6. The highest BCUT2D eigenvalue weighted by molar-refractivity contribution is 8.14. The topological polar surface area (TPSA) is 83.9 Å². The lowest BCUT2D eigenvalue weighted by atomic mass is 10.1. The average molecular weight is 581 g/mol. The summed E-state index contributed by atoms with van der Waals surface area (Å²) in [5.41, 5.74) is 0.726. The van der Waals surface area contributed by atoms with Crippen LogP contribution in [0.5, 0.6) is 5.75 Å². The predicted octanol–water partition coefficient (Wildman–Crippen LogP) is 6.21. The average Bonchev–Trinajstić information content (AvgIpc) is 3.38. The highest BCUT2D eigenvalue weighted by atomic mass is 32.2. The Morgan fingerprint density at radius 1 is 0.951 bits per heavy atom. The van der Waals surface area contributed by atoms with Gasteiger partial charge in [0.2, 0.25) is 0 Å². The number of hydrogen-bond donors (Lipinski definition) is 1. The van der Waals surface area contributed by atoms with Gasteiger partial charge in [-0.15, -0.1) is 0 Å². The van der Waals surface area contributed by atoms with Crippen molar-refractivity contribution < 1.29 is 31.9 Å². The number of rotatable bonds is 7. The minimum absolute atomic E-state index is 0.199. The first-order valence-corrected chi connectivity index (χ1v) is 13.0. The third-order valence-electron chi connectivity index (χ3n) is 5.89. The Balaban J connectivity index is 1.45. The van der Waals surface area contributed by atoms with E-state index in [0.717, 1.165) is 22.3 Å². The Kier molecular flexibility index (Phi) is 8.02. The number of nitrogens with one attached hydrogen (secondary N) is 1. The van der Waals surface area contributed by atoms with Gasteiger partial charge >= 0.3 is 0 Å². The van der Waals surface area contributed by atoms with E-state index in [1.165, 1.54) is 24.3 Å². The fourth-order valence-corrected chi connectivity index (χ4v) is 5.12. The maximum Gasteiger partial charge on any atom is 0.281 e. The normalized spacial score (nSPS) is 14.5. The summed E-state index contributed by atoms with van der Waals surface area (Å²) < 4.78 is 62.1. The van der Waals surface area contributed by atoms with Crippen molar-refractivity contribution in [2.24, 2.45) is 5.10 Å². The lowest BCUT2D eigenvalue weighted by Gasteiger charge is -2.23. The van der Waals surface area contributed by atoms with E-state index in [0.29, 0.717) is 29.1 Å². The molecule has 41 heavy (non-hydrogen) atoms. The number of nitrogens with zero attached hydrogens (tertiary/aromatic N) is 3. The van der Waals surface area contributed by atoms with Crippen LogP contribution < -0.4 is 10.1 Å². The number of hydrazone groups is 1. The first-order chi connectivity index (χ1) is 19.7. The molecule has 0 radical (unpaired) electrons. The summed E-state index contributed by atoms with van der Waals surface area (Å²) in [6.45, 7) is 1.45. The van der Waals surface area contributed by atoms with Crippen molar-refractivity contribution in [3.63, 3.8) is 0 Å². The number of thioether (sulfide) groups is 1. The molecule has 208 valence electrons. The molecule has 0 bridgehead atoms. The number of ether oxygens (including phenoxy) is 1. The number of carbonyl (C=O) groups is 2. The highest BCUT2D eigenvalue weighted by Crippen LogP contribution is 2.45. The lowest BCUT2D eigenvalue weighted by Crippen LogP contribution is -2.28. The number of pyridine rings is 1. The van der Waals surface area contributed by atoms with Crippen LogP contribution >= 0.6 is 11.8 Å². The van der Waals surface area contributed by atoms with Gasteiger partial charge in [-0.2, -0.15) is 5.10 Å². The maximum absolute atomic E-state index is 14.6. The van der Waals surface area contributed by atoms with Crippen molar-refractivity contribution in [2.75, 3.05) is 11.9 Å². The molecule has 1 N–H and O–H groups in total. The van der Waals surface area contributed by atoms with Gasteiger partial charge in [-0.3, -0.25) is 9.59 Å². The van der Waals surface area contributed by atoms with E-state index in [1.54, 1.807) is 42.6 Å². The summed E-state index contributed by atoms with van der Waals surface area (Å²) in [5.74, 6) is -5.60. The van der Waals surface area contributed by atoms with Gasteiger partial charge in [-0.05, 0) is 48.9 Å². The SMILES string of the molecule is Cc1ccc(NC(=O)COc2ccccc2C2SC(c3ccc(F)cc3)=NN2C(=O)c2c(F)cc(F)cc2F)nc1. The molecule has 0 spiro atoms. The van der Waals surface area contributed by atoms with E-state index in [9.17, 15) is 27.2 Å². The number of carbonyl (C=O) groups excluding carboxylic acids is 2. The van der Waals surface area contributed by atoms with E-state index >= 15 is 0 Å². The molecule has 4 aromatic rings. The van der Waals surface area contributed by atoms with Crippen LogP contribution in [0.4, 0.5) is 23.4 Å². The van der Waals surface area contributed by atoms with Crippen LogP contribution in [0, 0.1) is 30.2 Å². The van der Waals surface area contributed by atoms with Gasteiger partial charge in [0, 0.05) is 29.5 Å². The summed E-state index contributed by atoms with van der Waals surface area (Å²) in [6, 6.07) is 16.0. The Morgan fingerprint density at radius 2 is 1.66 bits per heavy atom. The summed E-state index contributed by atoms with van der Waals surface area (Å²) in [7, 11) is 0. The number of aromatic nitrogens is 1. The largest absolute Gasteiger partial charge is 0.483 e. The van der Waals surface area contributed by atoms with Gasteiger partial charge in [0.1, 0.15) is 50.8 Å². The van der Waals surface area contributed by atoms with Crippen LogP contribution in [0.3, 0.4) is 0 Å². The molecule has 0 saturated heterocycles. The zero-order valence-electron chi connectivity index (χ0n) is 21.3. The van der Waals surface area contributed by atoms with Crippen molar-refractivity contribution in [1.82, 2.24) is 9.99 Å². The number of amides is 2. The molecule has 3 aromatic carbocycles. The van der Waals surface area contributed by atoms with Crippen LogP contribution in [0.1, 0.15) is 32.4 Å². The minimum Gasteiger partial charge on any atom is -0.483 e. The van der Waals surface area contributed by atoms with E-state index in [-0.39, 0.29) is 10.8 Å². The van der Waals surface area contributed by atoms with Gasteiger partial charge < -0.3 is 10.1 Å². The van der Waals surface area contributed by atoms with Gasteiger partial charge in [0.15, 0.2) is 6.61 Å². The molecule has 1 aliphatic rings. The van der Waals surface area contributed by atoms with Crippen molar-refractivity contribution in [1.29, 1.82) is 0 Å². The first-order valence-electron chi connectivity index (χ1n) is 12.1. The Morgan fingerprint density at radius 3 is 2.34 bits per heavy atom. The first kappa shape index (κ1) is 27.8. The van der Waals surface area contributed by atoms with Gasteiger partial charge in [0.05, 0.1) is 0 Å². The van der Waals surface area contributed by atoms with Crippen molar-refractivity contribution in [2.45, 2.75) is 12.3 Å². The van der Waals surface area contributed by atoms with Crippen LogP contribution in [-0.2, 0) is 4.79 Å². The van der Waals surface area contributed by atoms with E-state index in [1.807, 2.05) is 6.92 Å². The highest BCUT2D eigenvalue weighted by Gasteiger charge is 2.38. The molecule has 1 aromatic heterocycles. The van der Waals surface area contributed by atoms with Crippen molar-refractivity contribution >= 4 is 34.4 Å². The smallest absolute Gasteiger partial charge is 0.281 e. The van der Waals surface area contributed by atoms with E-state index in [4.69, 9.17) is 4.74 Å². The summed E-state index contributed by atoms with van der Waals surface area (Å²) >= 11 is 1.04. The van der Waals surface area contributed by atoms with E-state index in [2.05, 4.69) is 15.4 Å². The Hall–Kier alpha value is -4.71. The predicted molar refractivity (Wildman–Crippen MR) is 145 cm³/mol. The molecule has 1 unspecified atom stereocenters. The fraction of sp³-hybridized carbons (Fsp3) is 0.103.